The fourth-order valence-electron chi connectivity index (χ4n) is 2.24. The number of ether oxygens (including phenoxy) is 1. The molecule has 2 aromatic carbocycles. The molecule has 2 aromatic rings. The Morgan fingerprint density at radius 3 is 2.40 bits per heavy atom. The van der Waals surface area contributed by atoms with Crippen molar-refractivity contribution in [1.82, 2.24) is 5.32 Å². The summed E-state index contributed by atoms with van der Waals surface area (Å²) in [5.74, 6) is 1.43. The van der Waals surface area contributed by atoms with Crippen LogP contribution < -0.4 is 10.1 Å². The summed E-state index contributed by atoms with van der Waals surface area (Å²) >= 11 is 1.70. The average Bonchev–Trinajstić information content (AvgIpc) is 2.65. The van der Waals surface area contributed by atoms with Crippen LogP contribution in [0.3, 0.4) is 0 Å². The Morgan fingerprint density at radius 2 is 1.72 bits per heavy atom. The molecule has 0 aliphatic rings. The Morgan fingerprint density at radius 1 is 1.00 bits per heavy atom. The standard InChI is InChI=1S/C20H23NO3S/c1-2-24-17-10-8-16(9-11-17)19(22)12-13-20(23)21-14-15-25-18-6-4-3-5-7-18/h3-11H,2,12-15H2,1H3,(H,21,23). The quantitative estimate of drug-likeness (QED) is 0.397. The predicted octanol–water partition coefficient (Wildman–Crippen LogP) is 3.96. The van der Waals surface area contributed by atoms with Gasteiger partial charge in [0.2, 0.25) is 5.91 Å². The molecule has 0 heterocycles. The van der Waals surface area contributed by atoms with E-state index in [-0.39, 0.29) is 24.5 Å². The highest BCUT2D eigenvalue weighted by molar-refractivity contribution is 7.99. The molecule has 0 aliphatic heterocycles. The maximum absolute atomic E-state index is 12.1. The Hall–Kier alpha value is -2.27. The number of ketones is 1. The molecule has 1 amide bonds. The third-order valence-corrected chi connectivity index (χ3v) is 4.52. The van der Waals surface area contributed by atoms with Crippen LogP contribution in [0.1, 0.15) is 30.1 Å². The lowest BCUT2D eigenvalue weighted by molar-refractivity contribution is -0.120. The van der Waals surface area contributed by atoms with Gasteiger partial charge >= 0.3 is 0 Å². The van der Waals surface area contributed by atoms with Crippen molar-refractivity contribution in [3.05, 3.63) is 60.2 Å². The number of Topliss-reactive ketones (excluding diaryl/α,β-unsaturated/α-hetero) is 1. The topological polar surface area (TPSA) is 55.4 Å². The average molecular weight is 357 g/mol. The third-order valence-electron chi connectivity index (χ3n) is 3.50. The van der Waals surface area contributed by atoms with Crippen LogP contribution in [0, 0.1) is 0 Å². The molecular weight excluding hydrogens is 334 g/mol. The summed E-state index contributed by atoms with van der Waals surface area (Å²) in [5, 5.41) is 2.85. The first-order valence-corrected chi connectivity index (χ1v) is 9.38. The molecule has 4 nitrogen and oxygen atoms in total. The first-order chi connectivity index (χ1) is 12.2. The number of amides is 1. The molecule has 0 spiro atoms. The molecule has 0 saturated carbocycles. The van der Waals surface area contributed by atoms with Crippen LogP contribution in [0.5, 0.6) is 5.75 Å². The van der Waals surface area contributed by atoms with E-state index in [0.29, 0.717) is 18.7 Å². The number of benzene rings is 2. The highest BCUT2D eigenvalue weighted by Gasteiger charge is 2.09. The van der Waals surface area contributed by atoms with Gasteiger partial charge in [-0.3, -0.25) is 9.59 Å². The molecule has 132 valence electrons. The molecule has 0 atom stereocenters. The first-order valence-electron chi connectivity index (χ1n) is 8.39. The Kier molecular flexibility index (Phi) is 8.05. The summed E-state index contributed by atoms with van der Waals surface area (Å²) in [4.78, 5) is 25.1. The monoisotopic (exact) mass is 357 g/mol. The van der Waals surface area contributed by atoms with E-state index in [0.717, 1.165) is 11.5 Å². The summed E-state index contributed by atoms with van der Waals surface area (Å²) in [6.07, 6.45) is 0.424. The number of rotatable bonds is 10. The second-order valence-electron chi connectivity index (χ2n) is 5.39. The van der Waals surface area contributed by atoms with Crippen LogP contribution in [-0.2, 0) is 4.79 Å². The fraction of sp³-hybridized carbons (Fsp3) is 0.300. The van der Waals surface area contributed by atoms with Gasteiger partial charge in [0, 0.05) is 35.6 Å². The maximum atomic E-state index is 12.1. The van der Waals surface area contributed by atoms with Crippen LogP contribution in [0.25, 0.3) is 0 Å². The van der Waals surface area contributed by atoms with Gasteiger partial charge in [-0.2, -0.15) is 0 Å². The van der Waals surface area contributed by atoms with Crippen LogP contribution in [0.4, 0.5) is 0 Å². The second kappa shape index (κ2) is 10.6. The van der Waals surface area contributed by atoms with Gasteiger partial charge in [0.1, 0.15) is 5.75 Å². The number of carbonyl (C=O) groups excluding carboxylic acids is 2. The smallest absolute Gasteiger partial charge is 0.220 e. The largest absolute Gasteiger partial charge is 0.494 e. The highest BCUT2D eigenvalue weighted by atomic mass is 32.2. The minimum Gasteiger partial charge on any atom is -0.494 e. The van der Waals surface area contributed by atoms with E-state index >= 15 is 0 Å². The lowest BCUT2D eigenvalue weighted by Gasteiger charge is -2.06. The van der Waals surface area contributed by atoms with Crippen molar-refractivity contribution in [3.63, 3.8) is 0 Å². The Bertz CT molecular complexity index is 671. The van der Waals surface area contributed by atoms with Gasteiger partial charge in [0.25, 0.3) is 0 Å². The van der Waals surface area contributed by atoms with E-state index in [4.69, 9.17) is 4.74 Å². The summed E-state index contributed by atoms with van der Waals surface area (Å²) < 4.78 is 5.35. The second-order valence-corrected chi connectivity index (χ2v) is 6.56. The van der Waals surface area contributed by atoms with Crippen molar-refractivity contribution in [2.75, 3.05) is 18.9 Å². The van der Waals surface area contributed by atoms with Crippen LogP contribution in [-0.4, -0.2) is 30.6 Å². The molecule has 0 bridgehead atoms. The molecular formula is C20H23NO3S. The molecule has 0 aliphatic carbocycles. The van der Waals surface area contributed by atoms with Crippen LogP contribution >= 0.6 is 11.8 Å². The number of thioether (sulfide) groups is 1. The Balaban J connectivity index is 1.64. The number of hydrogen-bond acceptors (Lipinski definition) is 4. The molecule has 0 aromatic heterocycles. The van der Waals surface area contributed by atoms with Gasteiger partial charge in [-0.1, -0.05) is 18.2 Å². The fourth-order valence-corrected chi connectivity index (χ4v) is 3.03. The molecule has 0 radical (unpaired) electrons. The number of nitrogens with one attached hydrogen (secondary N) is 1. The van der Waals surface area contributed by atoms with E-state index < -0.39 is 0 Å². The molecule has 25 heavy (non-hydrogen) atoms. The van der Waals surface area contributed by atoms with Crippen molar-refractivity contribution in [3.8, 4) is 5.75 Å². The van der Waals surface area contributed by atoms with Crippen molar-refractivity contribution in [1.29, 1.82) is 0 Å². The van der Waals surface area contributed by atoms with Gasteiger partial charge < -0.3 is 10.1 Å². The zero-order chi connectivity index (χ0) is 17.9. The molecule has 0 fully saturated rings. The molecule has 0 unspecified atom stereocenters. The predicted molar refractivity (Wildman–Crippen MR) is 101 cm³/mol. The summed E-state index contributed by atoms with van der Waals surface area (Å²) in [7, 11) is 0. The van der Waals surface area contributed by atoms with Gasteiger partial charge in [-0.05, 0) is 43.3 Å². The van der Waals surface area contributed by atoms with E-state index in [9.17, 15) is 9.59 Å². The number of carbonyl (C=O) groups is 2. The molecule has 1 N–H and O–H groups in total. The van der Waals surface area contributed by atoms with Crippen molar-refractivity contribution in [2.45, 2.75) is 24.7 Å². The van der Waals surface area contributed by atoms with Gasteiger partial charge in [0.15, 0.2) is 5.78 Å². The summed E-state index contributed by atoms with van der Waals surface area (Å²) in [6.45, 7) is 3.10. The summed E-state index contributed by atoms with van der Waals surface area (Å²) in [5.41, 5.74) is 0.607. The van der Waals surface area contributed by atoms with Crippen molar-refractivity contribution < 1.29 is 14.3 Å². The SMILES string of the molecule is CCOc1ccc(C(=O)CCC(=O)NCCSc2ccccc2)cc1. The van der Waals surface area contributed by atoms with Gasteiger partial charge in [-0.25, -0.2) is 0 Å². The van der Waals surface area contributed by atoms with Crippen LogP contribution in [0.2, 0.25) is 0 Å². The maximum Gasteiger partial charge on any atom is 0.220 e. The lowest BCUT2D eigenvalue weighted by Crippen LogP contribution is -2.26. The minimum absolute atomic E-state index is 0.0307. The van der Waals surface area contributed by atoms with E-state index in [1.54, 1.807) is 36.0 Å². The van der Waals surface area contributed by atoms with E-state index in [1.165, 1.54) is 4.90 Å². The Labute approximate surface area is 153 Å². The molecule has 0 saturated heterocycles. The minimum atomic E-state index is -0.0899. The zero-order valence-corrected chi connectivity index (χ0v) is 15.2. The normalized spacial score (nSPS) is 10.3. The zero-order valence-electron chi connectivity index (χ0n) is 14.4. The van der Waals surface area contributed by atoms with E-state index in [2.05, 4.69) is 5.32 Å². The highest BCUT2D eigenvalue weighted by Crippen LogP contribution is 2.16. The first kappa shape index (κ1) is 19.1. The lowest BCUT2D eigenvalue weighted by atomic mass is 10.1. The summed E-state index contributed by atoms with van der Waals surface area (Å²) in [6, 6.07) is 17.1. The van der Waals surface area contributed by atoms with Crippen LogP contribution in [0.15, 0.2) is 59.5 Å². The van der Waals surface area contributed by atoms with Crippen molar-refractivity contribution >= 4 is 23.5 Å². The molecule has 5 heteroatoms. The van der Waals surface area contributed by atoms with Gasteiger partial charge in [0.05, 0.1) is 6.61 Å². The number of hydrogen-bond donors (Lipinski definition) is 1. The van der Waals surface area contributed by atoms with Crippen molar-refractivity contribution in [2.24, 2.45) is 0 Å². The van der Waals surface area contributed by atoms with E-state index in [1.807, 2.05) is 37.3 Å². The third kappa shape index (κ3) is 7.01. The molecule has 2 rings (SSSR count). The van der Waals surface area contributed by atoms with Gasteiger partial charge in [-0.15, -0.1) is 11.8 Å².